The van der Waals surface area contributed by atoms with Crippen molar-refractivity contribution in [2.24, 2.45) is 0 Å². The smallest absolute Gasteiger partial charge is 0.321 e. The summed E-state index contributed by atoms with van der Waals surface area (Å²) >= 11 is 0. The van der Waals surface area contributed by atoms with Crippen LogP contribution in [-0.4, -0.2) is 58.6 Å². The Morgan fingerprint density at radius 2 is 2.00 bits per heavy atom. The molecule has 1 aliphatic heterocycles. The summed E-state index contributed by atoms with van der Waals surface area (Å²) in [6.07, 6.45) is 1.46. The summed E-state index contributed by atoms with van der Waals surface area (Å²) in [4.78, 5) is 13.7. The predicted molar refractivity (Wildman–Crippen MR) is 93.5 cm³/mol. The molecule has 1 atom stereocenters. The SMILES string of the molecule is Cc1ccc(NS(C)(=O)=O)cc1NC(=O)N(C)C1CCS(=O)(=O)C1. The van der Waals surface area contributed by atoms with Crippen LogP contribution in [-0.2, 0) is 19.9 Å². The van der Waals surface area contributed by atoms with Crippen LogP contribution in [0, 0.1) is 6.92 Å². The average Bonchev–Trinajstić information content (AvgIpc) is 2.80. The number of aryl methyl sites for hydroxylation is 1. The first-order valence-electron chi connectivity index (χ1n) is 7.29. The Hall–Kier alpha value is -1.81. The molecule has 8 nitrogen and oxygen atoms in total. The monoisotopic (exact) mass is 375 g/mol. The van der Waals surface area contributed by atoms with Crippen molar-refractivity contribution in [3.05, 3.63) is 23.8 Å². The standard InChI is InChI=1S/C14H21N3O5S2/c1-10-4-5-11(16-23(3,19)20)8-13(10)15-14(18)17(2)12-6-7-24(21,22)9-12/h4-5,8,12,16H,6-7,9H2,1-3H3,(H,15,18). The minimum Gasteiger partial charge on any atom is -0.324 e. The van der Waals surface area contributed by atoms with Gasteiger partial charge in [-0.05, 0) is 31.0 Å². The number of benzene rings is 1. The van der Waals surface area contributed by atoms with E-state index in [0.717, 1.165) is 11.8 Å². The van der Waals surface area contributed by atoms with Crippen LogP contribution in [0.4, 0.5) is 16.2 Å². The van der Waals surface area contributed by atoms with Gasteiger partial charge in [0, 0.05) is 18.8 Å². The Labute approximate surface area is 142 Å². The first kappa shape index (κ1) is 18.5. The van der Waals surface area contributed by atoms with Gasteiger partial charge in [-0.15, -0.1) is 0 Å². The fourth-order valence-electron chi connectivity index (χ4n) is 2.48. The molecule has 0 aliphatic carbocycles. The molecule has 0 radical (unpaired) electrons. The molecule has 0 spiro atoms. The Balaban J connectivity index is 2.12. The van der Waals surface area contributed by atoms with Crippen LogP contribution in [0.2, 0.25) is 0 Å². The van der Waals surface area contributed by atoms with Gasteiger partial charge >= 0.3 is 6.03 Å². The summed E-state index contributed by atoms with van der Waals surface area (Å²) in [6.45, 7) is 1.78. The van der Waals surface area contributed by atoms with Gasteiger partial charge in [-0.25, -0.2) is 21.6 Å². The number of sulfone groups is 1. The van der Waals surface area contributed by atoms with Gasteiger partial charge in [-0.1, -0.05) is 6.07 Å². The number of carbonyl (C=O) groups excluding carboxylic acids is 1. The van der Waals surface area contributed by atoms with Crippen LogP contribution in [0.25, 0.3) is 0 Å². The number of hydrogen-bond acceptors (Lipinski definition) is 5. The maximum Gasteiger partial charge on any atom is 0.321 e. The maximum absolute atomic E-state index is 12.3. The maximum atomic E-state index is 12.3. The van der Waals surface area contributed by atoms with Crippen molar-refractivity contribution < 1.29 is 21.6 Å². The fraction of sp³-hybridized carbons (Fsp3) is 0.500. The second-order valence-corrected chi connectivity index (χ2v) is 9.98. The highest BCUT2D eigenvalue weighted by Crippen LogP contribution is 2.23. The van der Waals surface area contributed by atoms with E-state index in [-0.39, 0.29) is 17.5 Å². The van der Waals surface area contributed by atoms with Crippen LogP contribution in [0.1, 0.15) is 12.0 Å². The molecule has 1 unspecified atom stereocenters. The zero-order valence-electron chi connectivity index (χ0n) is 13.7. The van der Waals surface area contributed by atoms with Crippen LogP contribution in [0.3, 0.4) is 0 Å². The minimum atomic E-state index is -3.42. The third kappa shape index (κ3) is 4.84. The largest absolute Gasteiger partial charge is 0.324 e. The van der Waals surface area contributed by atoms with Crippen molar-refractivity contribution in [1.82, 2.24) is 4.90 Å². The van der Waals surface area contributed by atoms with Gasteiger partial charge in [0.1, 0.15) is 0 Å². The van der Waals surface area contributed by atoms with E-state index < -0.39 is 25.9 Å². The summed E-state index contributed by atoms with van der Waals surface area (Å²) in [5, 5.41) is 2.70. The van der Waals surface area contributed by atoms with E-state index >= 15 is 0 Å². The van der Waals surface area contributed by atoms with E-state index in [2.05, 4.69) is 10.0 Å². The molecule has 0 aromatic heterocycles. The quantitative estimate of drug-likeness (QED) is 0.816. The molecule has 1 fully saturated rings. The number of amides is 2. The van der Waals surface area contributed by atoms with Crippen LogP contribution in [0.15, 0.2) is 18.2 Å². The molecule has 2 amide bonds. The van der Waals surface area contributed by atoms with E-state index in [1.807, 2.05) is 0 Å². The summed E-state index contributed by atoms with van der Waals surface area (Å²) in [5.74, 6) is 0.0493. The second-order valence-electron chi connectivity index (χ2n) is 6.00. The first-order chi connectivity index (χ1) is 11.0. The molecule has 2 N–H and O–H groups in total. The van der Waals surface area contributed by atoms with Gasteiger partial charge in [-0.3, -0.25) is 4.72 Å². The van der Waals surface area contributed by atoms with E-state index in [0.29, 0.717) is 17.8 Å². The van der Waals surface area contributed by atoms with E-state index in [1.165, 1.54) is 11.0 Å². The van der Waals surface area contributed by atoms with Gasteiger partial charge in [0.25, 0.3) is 0 Å². The third-order valence-electron chi connectivity index (χ3n) is 3.86. The molecule has 1 aliphatic rings. The van der Waals surface area contributed by atoms with Crippen molar-refractivity contribution in [3.8, 4) is 0 Å². The van der Waals surface area contributed by atoms with E-state index in [9.17, 15) is 21.6 Å². The molecular formula is C14H21N3O5S2. The lowest BCUT2D eigenvalue weighted by Crippen LogP contribution is -2.40. The number of urea groups is 1. The lowest BCUT2D eigenvalue weighted by atomic mass is 10.2. The number of sulfonamides is 1. The predicted octanol–water partition coefficient (Wildman–Crippen LogP) is 1.02. The van der Waals surface area contributed by atoms with Crippen molar-refractivity contribution in [1.29, 1.82) is 0 Å². The zero-order valence-corrected chi connectivity index (χ0v) is 15.4. The van der Waals surface area contributed by atoms with Gasteiger partial charge in [-0.2, -0.15) is 0 Å². The van der Waals surface area contributed by atoms with Crippen molar-refractivity contribution in [3.63, 3.8) is 0 Å². The van der Waals surface area contributed by atoms with Gasteiger partial charge < -0.3 is 10.2 Å². The number of anilines is 2. The summed E-state index contributed by atoms with van der Waals surface area (Å²) in [5.41, 5.74) is 1.56. The molecule has 0 saturated carbocycles. The molecule has 0 bridgehead atoms. The number of hydrogen-bond donors (Lipinski definition) is 2. The summed E-state index contributed by atoms with van der Waals surface area (Å²) in [6, 6.07) is 4.01. The van der Waals surface area contributed by atoms with E-state index in [4.69, 9.17) is 0 Å². The molecule has 134 valence electrons. The van der Waals surface area contributed by atoms with Crippen molar-refractivity contribution in [2.75, 3.05) is 34.8 Å². The molecule has 10 heteroatoms. The average molecular weight is 375 g/mol. The highest BCUT2D eigenvalue weighted by atomic mass is 32.2. The second kappa shape index (κ2) is 6.60. The number of carbonyl (C=O) groups is 1. The molecule has 1 aromatic carbocycles. The molecule has 24 heavy (non-hydrogen) atoms. The Bertz CT molecular complexity index is 849. The Morgan fingerprint density at radius 1 is 1.33 bits per heavy atom. The summed E-state index contributed by atoms with van der Waals surface area (Å²) < 4.78 is 48.0. The topological polar surface area (TPSA) is 113 Å². The highest BCUT2D eigenvalue weighted by molar-refractivity contribution is 7.92. The molecule has 2 rings (SSSR count). The van der Waals surface area contributed by atoms with Crippen LogP contribution >= 0.6 is 0 Å². The highest BCUT2D eigenvalue weighted by Gasteiger charge is 2.32. The zero-order chi connectivity index (χ0) is 18.1. The molecule has 1 saturated heterocycles. The first-order valence-corrected chi connectivity index (χ1v) is 11.0. The Morgan fingerprint density at radius 3 is 2.54 bits per heavy atom. The third-order valence-corrected chi connectivity index (χ3v) is 6.22. The summed E-state index contributed by atoms with van der Waals surface area (Å²) in [7, 11) is -4.95. The van der Waals surface area contributed by atoms with Crippen LogP contribution < -0.4 is 10.0 Å². The van der Waals surface area contributed by atoms with Crippen molar-refractivity contribution >= 4 is 37.3 Å². The van der Waals surface area contributed by atoms with Gasteiger partial charge in [0.2, 0.25) is 10.0 Å². The molecule has 1 heterocycles. The number of nitrogens with zero attached hydrogens (tertiary/aromatic N) is 1. The molecular weight excluding hydrogens is 354 g/mol. The van der Waals surface area contributed by atoms with Crippen LogP contribution in [0.5, 0.6) is 0 Å². The lowest BCUT2D eigenvalue weighted by molar-refractivity contribution is 0.209. The number of rotatable bonds is 4. The van der Waals surface area contributed by atoms with Gasteiger partial charge in [0.05, 0.1) is 23.4 Å². The Kier molecular flexibility index (Phi) is 5.09. The fourth-order valence-corrected chi connectivity index (χ4v) is 4.81. The minimum absolute atomic E-state index is 0.0361. The van der Waals surface area contributed by atoms with E-state index in [1.54, 1.807) is 26.1 Å². The lowest BCUT2D eigenvalue weighted by Gasteiger charge is -2.24. The van der Waals surface area contributed by atoms with Crippen molar-refractivity contribution in [2.45, 2.75) is 19.4 Å². The number of nitrogens with one attached hydrogen (secondary N) is 2. The van der Waals surface area contributed by atoms with Gasteiger partial charge in [0.15, 0.2) is 9.84 Å². The normalized spacial score (nSPS) is 19.7. The molecule has 1 aromatic rings.